The first-order chi connectivity index (χ1) is 6.41. The standard InChI is InChI=1S/C6H6ClNO2S.C3H4/c7-5-1-3-6(4-2-5)11(8,9)10;1-3-2/h1-4H,(H2,8,9,10);1H,2H3. The van der Waals surface area contributed by atoms with Gasteiger partial charge in [-0.05, 0) is 31.2 Å². The quantitative estimate of drug-likeness (QED) is 0.747. The molecule has 0 spiro atoms. The predicted molar refractivity (Wildman–Crippen MR) is 57.3 cm³/mol. The van der Waals surface area contributed by atoms with Crippen LogP contribution in [0, 0.1) is 12.3 Å². The van der Waals surface area contributed by atoms with E-state index >= 15 is 0 Å². The smallest absolute Gasteiger partial charge is 0.225 e. The van der Waals surface area contributed by atoms with E-state index in [1.165, 1.54) is 24.3 Å². The largest absolute Gasteiger partial charge is 0.238 e. The van der Waals surface area contributed by atoms with Gasteiger partial charge in [0.15, 0.2) is 0 Å². The second-order valence-corrected chi connectivity index (χ2v) is 4.29. The van der Waals surface area contributed by atoms with E-state index in [9.17, 15) is 8.42 Å². The van der Waals surface area contributed by atoms with E-state index in [4.69, 9.17) is 16.7 Å². The first-order valence-electron chi connectivity index (χ1n) is 3.57. The van der Waals surface area contributed by atoms with Crippen molar-refractivity contribution in [2.24, 2.45) is 5.14 Å². The number of terminal acetylenes is 1. The van der Waals surface area contributed by atoms with Crippen molar-refractivity contribution in [1.82, 2.24) is 0 Å². The van der Waals surface area contributed by atoms with Crippen molar-refractivity contribution in [1.29, 1.82) is 0 Å². The van der Waals surface area contributed by atoms with Gasteiger partial charge in [-0.1, -0.05) is 11.6 Å². The van der Waals surface area contributed by atoms with Crippen LogP contribution in [0.5, 0.6) is 0 Å². The van der Waals surface area contributed by atoms with Crippen LogP contribution in [0.2, 0.25) is 5.02 Å². The molecule has 0 fully saturated rings. The number of hydrogen-bond donors (Lipinski definition) is 1. The fourth-order valence-corrected chi connectivity index (χ4v) is 1.27. The van der Waals surface area contributed by atoms with Crippen molar-refractivity contribution in [2.45, 2.75) is 11.8 Å². The summed E-state index contributed by atoms with van der Waals surface area (Å²) >= 11 is 5.53. The summed E-state index contributed by atoms with van der Waals surface area (Å²) in [7, 11) is -3.58. The first-order valence-corrected chi connectivity index (χ1v) is 5.50. The molecule has 0 saturated heterocycles. The highest BCUT2D eigenvalue weighted by molar-refractivity contribution is 7.89. The van der Waals surface area contributed by atoms with Gasteiger partial charge in [-0.15, -0.1) is 12.3 Å². The van der Waals surface area contributed by atoms with Gasteiger partial charge in [0.25, 0.3) is 0 Å². The molecule has 0 aliphatic carbocycles. The Balaban J connectivity index is 0.000000500. The number of primary sulfonamides is 1. The van der Waals surface area contributed by atoms with E-state index in [0.717, 1.165) is 0 Å². The van der Waals surface area contributed by atoms with Crippen LogP contribution in [0.4, 0.5) is 0 Å². The topological polar surface area (TPSA) is 60.2 Å². The number of halogens is 1. The van der Waals surface area contributed by atoms with Gasteiger partial charge in [-0.25, -0.2) is 13.6 Å². The molecule has 0 aliphatic heterocycles. The van der Waals surface area contributed by atoms with E-state index in [2.05, 4.69) is 12.3 Å². The van der Waals surface area contributed by atoms with Gasteiger partial charge in [0.1, 0.15) is 0 Å². The fraction of sp³-hybridized carbons (Fsp3) is 0.111. The lowest BCUT2D eigenvalue weighted by Gasteiger charge is -1.95. The average Bonchev–Trinajstić information content (AvgIpc) is 2.04. The van der Waals surface area contributed by atoms with Gasteiger partial charge in [0.2, 0.25) is 10.0 Å². The van der Waals surface area contributed by atoms with Crippen molar-refractivity contribution in [2.75, 3.05) is 0 Å². The fourth-order valence-electron chi connectivity index (χ4n) is 0.624. The number of benzene rings is 1. The molecular weight excluding hydrogens is 222 g/mol. The average molecular weight is 232 g/mol. The Morgan fingerprint density at radius 1 is 1.36 bits per heavy atom. The van der Waals surface area contributed by atoms with Crippen LogP contribution in [-0.2, 0) is 10.0 Å². The van der Waals surface area contributed by atoms with Gasteiger partial charge >= 0.3 is 0 Å². The maximum atomic E-state index is 10.7. The Labute approximate surface area is 88.9 Å². The normalized spacial score (nSPS) is 9.57. The zero-order valence-corrected chi connectivity index (χ0v) is 9.14. The van der Waals surface area contributed by atoms with Crippen LogP contribution in [0.1, 0.15) is 6.92 Å². The molecule has 0 unspecified atom stereocenters. The van der Waals surface area contributed by atoms with Crippen LogP contribution >= 0.6 is 11.6 Å². The van der Waals surface area contributed by atoms with Crippen molar-refractivity contribution < 1.29 is 8.42 Å². The molecule has 1 rings (SSSR count). The summed E-state index contributed by atoms with van der Waals surface area (Å²) in [6.07, 6.45) is 4.60. The van der Waals surface area contributed by atoms with Crippen LogP contribution in [0.25, 0.3) is 0 Å². The monoisotopic (exact) mass is 231 g/mol. The molecule has 76 valence electrons. The molecule has 2 N–H and O–H groups in total. The van der Waals surface area contributed by atoms with Crippen molar-refractivity contribution in [3.63, 3.8) is 0 Å². The van der Waals surface area contributed by atoms with Crippen LogP contribution in [0.15, 0.2) is 29.2 Å². The summed E-state index contributed by atoms with van der Waals surface area (Å²) in [5.74, 6) is 2.25. The van der Waals surface area contributed by atoms with E-state index in [1.807, 2.05) is 0 Å². The van der Waals surface area contributed by atoms with Gasteiger partial charge in [-0.3, -0.25) is 0 Å². The molecule has 0 heterocycles. The third-order valence-electron chi connectivity index (χ3n) is 1.14. The molecule has 0 saturated carbocycles. The molecule has 3 nitrogen and oxygen atoms in total. The van der Waals surface area contributed by atoms with Crippen molar-refractivity contribution in [3.8, 4) is 12.3 Å². The molecule has 1 aromatic carbocycles. The molecule has 0 bridgehead atoms. The van der Waals surface area contributed by atoms with E-state index in [0.29, 0.717) is 5.02 Å². The molecular formula is C9H10ClNO2S. The lowest BCUT2D eigenvalue weighted by Crippen LogP contribution is -2.11. The predicted octanol–water partition coefficient (Wildman–Crippen LogP) is 1.63. The molecule has 14 heavy (non-hydrogen) atoms. The van der Waals surface area contributed by atoms with Gasteiger partial charge in [0.05, 0.1) is 4.90 Å². The van der Waals surface area contributed by atoms with E-state index in [1.54, 1.807) is 6.92 Å². The summed E-state index contributed by atoms with van der Waals surface area (Å²) < 4.78 is 21.4. The Morgan fingerprint density at radius 3 is 2.00 bits per heavy atom. The summed E-state index contributed by atoms with van der Waals surface area (Å²) in [5, 5.41) is 5.32. The van der Waals surface area contributed by atoms with Gasteiger partial charge in [0, 0.05) is 5.02 Å². The molecule has 0 radical (unpaired) electrons. The highest BCUT2D eigenvalue weighted by atomic mass is 35.5. The number of sulfonamides is 1. The van der Waals surface area contributed by atoms with Crippen molar-refractivity contribution >= 4 is 21.6 Å². The van der Waals surface area contributed by atoms with Gasteiger partial charge < -0.3 is 0 Å². The third kappa shape index (κ3) is 4.87. The minimum Gasteiger partial charge on any atom is -0.225 e. The number of hydrogen-bond acceptors (Lipinski definition) is 2. The highest BCUT2D eigenvalue weighted by Crippen LogP contribution is 2.11. The molecule has 5 heteroatoms. The minimum absolute atomic E-state index is 0.0712. The van der Waals surface area contributed by atoms with Crippen LogP contribution < -0.4 is 5.14 Å². The first kappa shape index (κ1) is 13.0. The van der Waals surface area contributed by atoms with Crippen molar-refractivity contribution in [3.05, 3.63) is 29.3 Å². The molecule has 0 atom stereocenters. The Kier molecular flexibility index (Phi) is 5.24. The second-order valence-electron chi connectivity index (χ2n) is 2.29. The summed E-state index contributed by atoms with van der Waals surface area (Å²) in [6, 6.07) is 5.66. The molecule has 0 aromatic heterocycles. The Morgan fingerprint density at radius 2 is 1.71 bits per heavy atom. The summed E-state index contributed by atoms with van der Waals surface area (Å²) in [6.45, 7) is 1.65. The molecule has 0 amide bonds. The van der Waals surface area contributed by atoms with E-state index in [-0.39, 0.29) is 4.90 Å². The lowest BCUT2D eigenvalue weighted by atomic mass is 10.4. The molecule has 0 aliphatic rings. The third-order valence-corrected chi connectivity index (χ3v) is 2.32. The highest BCUT2D eigenvalue weighted by Gasteiger charge is 2.05. The maximum absolute atomic E-state index is 10.7. The second kappa shape index (κ2) is 5.66. The van der Waals surface area contributed by atoms with E-state index < -0.39 is 10.0 Å². The summed E-state index contributed by atoms with van der Waals surface area (Å²) in [5.41, 5.74) is 0. The maximum Gasteiger partial charge on any atom is 0.238 e. The minimum atomic E-state index is -3.58. The summed E-state index contributed by atoms with van der Waals surface area (Å²) in [4.78, 5) is 0.0712. The lowest BCUT2D eigenvalue weighted by molar-refractivity contribution is 0.598. The zero-order chi connectivity index (χ0) is 11.2. The zero-order valence-electron chi connectivity index (χ0n) is 7.57. The molecule has 1 aromatic rings. The number of rotatable bonds is 1. The van der Waals surface area contributed by atoms with Gasteiger partial charge in [-0.2, -0.15) is 0 Å². The van der Waals surface area contributed by atoms with Crippen LogP contribution in [0.3, 0.4) is 0 Å². The van der Waals surface area contributed by atoms with Crippen LogP contribution in [-0.4, -0.2) is 8.42 Å². The SMILES string of the molecule is C#CC.NS(=O)(=O)c1ccc(Cl)cc1. The number of nitrogens with two attached hydrogens (primary N) is 1. The Hall–Kier alpha value is -1.02. The Bertz CT molecular complexity index is 417.